The number of rotatable bonds is 3. The van der Waals surface area contributed by atoms with Crippen LogP contribution in [0.2, 0.25) is 0 Å². The Hall–Kier alpha value is -2.56. The summed E-state index contributed by atoms with van der Waals surface area (Å²) in [4.78, 5) is 0. The molecule has 0 amide bonds. The van der Waals surface area contributed by atoms with Crippen molar-refractivity contribution in [1.29, 1.82) is 0 Å². The fraction of sp³-hybridized carbons (Fsp3) is 0.429. The van der Waals surface area contributed by atoms with E-state index in [-0.39, 0.29) is 28.6 Å². The average Bonchev–Trinajstić information content (AvgIpc) is 2.74. The first-order chi connectivity index (χ1) is 14.3. The summed E-state index contributed by atoms with van der Waals surface area (Å²) in [6.45, 7) is -0.590. The van der Waals surface area contributed by atoms with Gasteiger partial charge in [0.25, 0.3) is 0 Å². The van der Waals surface area contributed by atoms with E-state index in [1.54, 1.807) is 12.1 Å². The molecule has 0 bridgehead atoms. The molecule has 0 saturated carbocycles. The number of hydrogen-bond donors (Lipinski definition) is 7. The molecule has 6 atom stereocenters. The molecule has 0 radical (unpaired) electrons. The van der Waals surface area contributed by atoms with Gasteiger partial charge in [0.2, 0.25) is 0 Å². The topological polar surface area (TPSA) is 160 Å². The summed E-state index contributed by atoms with van der Waals surface area (Å²) in [5, 5.41) is 70.0. The molecule has 2 heterocycles. The van der Waals surface area contributed by atoms with Gasteiger partial charge in [0, 0.05) is 0 Å². The van der Waals surface area contributed by atoms with E-state index in [0.29, 0.717) is 18.4 Å². The number of phenols is 3. The second kappa shape index (κ2) is 7.93. The monoisotopic (exact) mass is 420 g/mol. The molecule has 0 aliphatic carbocycles. The Morgan fingerprint density at radius 1 is 0.867 bits per heavy atom. The van der Waals surface area contributed by atoms with Crippen LogP contribution in [0.1, 0.15) is 35.3 Å². The molecule has 1 saturated heterocycles. The van der Waals surface area contributed by atoms with Crippen LogP contribution in [0.5, 0.6) is 23.0 Å². The Morgan fingerprint density at radius 3 is 2.30 bits per heavy atom. The summed E-state index contributed by atoms with van der Waals surface area (Å²) in [7, 11) is 0. The lowest BCUT2D eigenvalue weighted by Gasteiger charge is -2.41. The van der Waals surface area contributed by atoms with E-state index in [9.17, 15) is 35.7 Å². The molecular weight excluding hydrogens is 396 g/mol. The zero-order chi connectivity index (χ0) is 21.6. The van der Waals surface area contributed by atoms with Crippen LogP contribution in [0.25, 0.3) is 0 Å². The molecule has 30 heavy (non-hydrogen) atoms. The maximum absolute atomic E-state index is 10.5. The Bertz CT molecular complexity index is 929. The molecule has 2 aliphatic heterocycles. The number of aromatic hydroxyl groups is 3. The van der Waals surface area contributed by atoms with E-state index in [2.05, 4.69) is 0 Å². The van der Waals surface area contributed by atoms with Crippen molar-refractivity contribution in [3.63, 3.8) is 0 Å². The third-order valence-electron chi connectivity index (χ3n) is 5.74. The largest absolute Gasteiger partial charge is 0.507 e. The number of benzene rings is 2. The Kier molecular flexibility index (Phi) is 5.48. The molecule has 9 heteroatoms. The number of fused-ring (bicyclic) bond motifs is 1. The minimum absolute atomic E-state index is 0.108. The summed E-state index contributed by atoms with van der Waals surface area (Å²) >= 11 is 0. The van der Waals surface area contributed by atoms with Crippen LogP contribution < -0.4 is 4.74 Å². The van der Waals surface area contributed by atoms with E-state index in [1.165, 1.54) is 18.2 Å². The number of aliphatic hydroxyl groups excluding tert-OH is 4. The second-order valence-electron chi connectivity index (χ2n) is 7.63. The van der Waals surface area contributed by atoms with Crippen molar-refractivity contribution in [3.8, 4) is 23.0 Å². The van der Waals surface area contributed by atoms with Crippen LogP contribution >= 0.6 is 0 Å². The second-order valence-corrected chi connectivity index (χ2v) is 7.63. The third kappa shape index (κ3) is 3.44. The van der Waals surface area contributed by atoms with Crippen LogP contribution in [0.3, 0.4) is 0 Å². The number of phenolic OH excluding ortho intramolecular Hbond substituents is 3. The number of aryl methyl sites for hydroxylation is 1. The molecule has 0 spiro atoms. The van der Waals surface area contributed by atoms with Gasteiger partial charge in [0.1, 0.15) is 48.1 Å². The highest BCUT2D eigenvalue weighted by atomic mass is 16.5. The first-order valence-electron chi connectivity index (χ1n) is 9.65. The van der Waals surface area contributed by atoms with Crippen LogP contribution in [-0.4, -0.2) is 66.8 Å². The maximum atomic E-state index is 10.5. The van der Waals surface area contributed by atoms with Gasteiger partial charge in [0.15, 0.2) is 11.5 Å². The standard InChI is InChI=1S/C21H24O9/c22-8-15-17(26)18(27)19(28)21(30-15)16-12(24)5-1-9-3-6-14(29-20(9)16)10-2-4-11(23)13(25)7-10/h1-2,4-5,7,14-15,17-19,21-28H,3,6,8H2/t14?,15-,17-,18+,19-,21+/m1/s1. The fourth-order valence-electron chi connectivity index (χ4n) is 4.05. The molecule has 1 fully saturated rings. The fourth-order valence-corrected chi connectivity index (χ4v) is 4.05. The van der Waals surface area contributed by atoms with Crippen LogP contribution in [0, 0.1) is 0 Å². The van der Waals surface area contributed by atoms with E-state index in [0.717, 1.165) is 5.56 Å². The lowest BCUT2D eigenvalue weighted by atomic mass is 9.87. The zero-order valence-electron chi connectivity index (χ0n) is 15.9. The van der Waals surface area contributed by atoms with Crippen molar-refractivity contribution < 1.29 is 45.2 Å². The lowest BCUT2D eigenvalue weighted by molar-refractivity contribution is -0.232. The molecule has 7 N–H and O–H groups in total. The van der Waals surface area contributed by atoms with E-state index in [1.807, 2.05) is 0 Å². The minimum Gasteiger partial charge on any atom is -0.507 e. The molecular formula is C21H24O9. The summed E-state index contributed by atoms with van der Waals surface area (Å²) in [6, 6.07) is 7.47. The van der Waals surface area contributed by atoms with Crippen molar-refractivity contribution >= 4 is 0 Å². The molecule has 4 rings (SSSR count). The average molecular weight is 420 g/mol. The van der Waals surface area contributed by atoms with E-state index >= 15 is 0 Å². The highest BCUT2D eigenvalue weighted by Gasteiger charge is 2.46. The third-order valence-corrected chi connectivity index (χ3v) is 5.74. The molecule has 2 aromatic carbocycles. The van der Waals surface area contributed by atoms with Gasteiger partial charge < -0.3 is 45.2 Å². The van der Waals surface area contributed by atoms with Gasteiger partial charge >= 0.3 is 0 Å². The van der Waals surface area contributed by atoms with Gasteiger partial charge in [-0.3, -0.25) is 0 Å². The van der Waals surface area contributed by atoms with E-state index in [4.69, 9.17) is 9.47 Å². The van der Waals surface area contributed by atoms with Crippen LogP contribution in [0.4, 0.5) is 0 Å². The molecule has 0 aromatic heterocycles. The van der Waals surface area contributed by atoms with Crippen molar-refractivity contribution in [2.75, 3.05) is 6.61 Å². The normalized spacial score (nSPS) is 31.1. The predicted molar refractivity (Wildman–Crippen MR) is 102 cm³/mol. The Morgan fingerprint density at radius 2 is 1.60 bits per heavy atom. The Labute approximate surface area is 172 Å². The SMILES string of the molecule is OC[C@H]1O[C@@H](c2c(O)ccc3c2OC(c2ccc(O)c(O)c2)CC3)[C@H](O)[C@@H](O)[C@@H]1O. The highest BCUT2D eigenvalue weighted by Crippen LogP contribution is 2.47. The van der Waals surface area contributed by atoms with Gasteiger partial charge in [0.05, 0.1) is 12.2 Å². The molecule has 1 unspecified atom stereocenters. The quantitative estimate of drug-likeness (QED) is 0.348. The maximum Gasteiger partial charge on any atom is 0.157 e. The summed E-state index contributed by atoms with van der Waals surface area (Å²) in [5.41, 5.74) is 1.47. The number of hydrogen-bond acceptors (Lipinski definition) is 9. The minimum atomic E-state index is -1.59. The van der Waals surface area contributed by atoms with Crippen molar-refractivity contribution in [3.05, 3.63) is 47.0 Å². The highest BCUT2D eigenvalue weighted by molar-refractivity contribution is 5.53. The predicted octanol–water partition coefficient (Wildman–Crippen LogP) is 0.385. The van der Waals surface area contributed by atoms with E-state index < -0.39 is 43.2 Å². The first-order valence-corrected chi connectivity index (χ1v) is 9.65. The van der Waals surface area contributed by atoms with Gasteiger partial charge in [-0.05, 0) is 42.2 Å². The molecule has 2 aromatic rings. The number of ether oxygens (including phenoxy) is 2. The van der Waals surface area contributed by atoms with Crippen molar-refractivity contribution in [1.82, 2.24) is 0 Å². The summed E-state index contributed by atoms with van der Waals surface area (Å²) in [6.07, 6.45) is -6.43. The number of aliphatic hydroxyl groups is 4. The van der Waals surface area contributed by atoms with Crippen molar-refractivity contribution in [2.24, 2.45) is 0 Å². The summed E-state index contributed by atoms with van der Waals surface area (Å²) < 4.78 is 11.7. The van der Waals surface area contributed by atoms with Gasteiger partial charge in [-0.2, -0.15) is 0 Å². The van der Waals surface area contributed by atoms with Crippen LogP contribution in [0.15, 0.2) is 30.3 Å². The van der Waals surface area contributed by atoms with Crippen LogP contribution in [-0.2, 0) is 11.2 Å². The van der Waals surface area contributed by atoms with Gasteiger partial charge in [-0.1, -0.05) is 12.1 Å². The molecule has 2 aliphatic rings. The lowest BCUT2D eigenvalue weighted by Crippen LogP contribution is -2.55. The molecule has 9 nitrogen and oxygen atoms in total. The first kappa shape index (κ1) is 20.7. The zero-order valence-corrected chi connectivity index (χ0v) is 15.9. The van der Waals surface area contributed by atoms with Gasteiger partial charge in [-0.25, -0.2) is 0 Å². The van der Waals surface area contributed by atoms with Gasteiger partial charge in [-0.15, -0.1) is 0 Å². The smallest absolute Gasteiger partial charge is 0.157 e. The Balaban J connectivity index is 1.72. The molecule has 162 valence electrons. The summed E-state index contributed by atoms with van der Waals surface area (Å²) in [5.74, 6) is -0.503. The van der Waals surface area contributed by atoms with Crippen molar-refractivity contribution in [2.45, 2.75) is 49.5 Å².